The normalized spacial score (nSPS) is 13.3. The minimum atomic E-state index is -4.41. The van der Waals surface area contributed by atoms with Crippen LogP contribution in [0.2, 0.25) is 0 Å². The molecule has 0 atom stereocenters. The van der Waals surface area contributed by atoms with Gasteiger partial charge < -0.3 is 5.32 Å². The number of hydrogen-bond donors (Lipinski definition) is 1. The van der Waals surface area contributed by atoms with Crippen molar-refractivity contribution in [2.24, 2.45) is 0 Å². The fraction of sp³-hybridized carbons (Fsp3) is 0.280. The van der Waals surface area contributed by atoms with Crippen molar-refractivity contribution in [3.05, 3.63) is 83.2 Å². The second-order valence-electron chi connectivity index (χ2n) is 8.29. The zero-order chi connectivity index (χ0) is 25.0. The number of fused-ring (bicyclic) bond motifs is 1. The fourth-order valence-corrected chi connectivity index (χ4v) is 3.95. The first kappa shape index (κ1) is 24.2. The molecular formula is C25H23F3N4O3. The van der Waals surface area contributed by atoms with Gasteiger partial charge in [0.1, 0.15) is 0 Å². The highest BCUT2D eigenvalue weighted by Crippen LogP contribution is 2.29. The van der Waals surface area contributed by atoms with E-state index in [4.69, 9.17) is 0 Å². The molecular weight excluding hydrogens is 461 g/mol. The Morgan fingerprint density at radius 2 is 1.66 bits per heavy atom. The molecule has 0 fully saturated rings. The molecule has 2 aromatic carbocycles. The largest absolute Gasteiger partial charge is 0.416 e. The number of carbonyl (C=O) groups excluding carboxylic acids is 3. The van der Waals surface area contributed by atoms with Gasteiger partial charge in [0, 0.05) is 19.2 Å². The summed E-state index contributed by atoms with van der Waals surface area (Å²) in [6.07, 6.45) is 0.662. The van der Waals surface area contributed by atoms with Crippen LogP contribution < -0.4 is 5.32 Å². The van der Waals surface area contributed by atoms with Crippen molar-refractivity contribution in [1.82, 2.24) is 14.7 Å². The number of carbonyl (C=O) groups is 3. The van der Waals surface area contributed by atoms with Crippen LogP contribution in [0.15, 0.2) is 60.9 Å². The molecule has 0 spiro atoms. The Balaban J connectivity index is 1.19. The quantitative estimate of drug-likeness (QED) is 0.351. The van der Waals surface area contributed by atoms with Gasteiger partial charge in [-0.3, -0.25) is 24.0 Å². The third-order valence-corrected chi connectivity index (χ3v) is 5.68. The monoisotopic (exact) mass is 484 g/mol. The first-order valence-corrected chi connectivity index (χ1v) is 11.2. The molecule has 4 rings (SSSR count). The molecule has 7 nitrogen and oxygen atoms in total. The number of aromatic nitrogens is 2. The van der Waals surface area contributed by atoms with E-state index in [1.807, 2.05) is 0 Å². The van der Waals surface area contributed by atoms with Gasteiger partial charge in [0.2, 0.25) is 5.91 Å². The van der Waals surface area contributed by atoms with Gasteiger partial charge >= 0.3 is 6.18 Å². The van der Waals surface area contributed by atoms with Crippen LogP contribution in [-0.4, -0.2) is 38.9 Å². The fourth-order valence-electron chi connectivity index (χ4n) is 3.95. The molecule has 10 heteroatoms. The summed E-state index contributed by atoms with van der Waals surface area (Å²) in [6.45, 7) is 0.438. The van der Waals surface area contributed by atoms with E-state index in [0.29, 0.717) is 48.2 Å². The third-order valence-electron chi connectivity index (χ3n) is 5.68. The van der Waals surface area contributed by atoms with Crippen molar-refractivity contribution in [2.75, 3.05) is 11.9 Å². The molecule has 1 aromatic heterocycles. The maximum Gasteiger partial charge on any atom is 0.416 e. The van der Waals surface area contributed by atoms with Gasteiger partial charge in [-0.05, 0) is 42.7 Å². The zero-order valence-corrected chi connectivity index (χ0v) is 18.7. The van der Waals surface area contributed by atoms with E-state index in [1.54, 1.807) is 36.5 Å². The molecule has 0 bridgehead atoms. The van der Waals surface area contributed by atoms with Crippen molar-refractivity contribution >= 4 is 23.4 Å². The van der Waals surface area contributed by atoms with Crippen LogP contribution in [0.4, 0.5) is 18.9 Å². The molecule has 1 N–H and O–H groups in total. The Hall–Kier alpha value is -3.95. The highest BCUT2D eigenvalue weighted by atomic mass is 19.4. The lowest BCUT2D eigenvalue weighted by Crippen LogP contribution is -2.30. The topological polar surface area (TPSA) is 84.3 Å². The Morgan fingerprint density at radius 3 is 2.34 bits per heavy atom. The van der Waals surface area contributed by atoms with E-state index in [2.05, 4.69) is 10.4 Å². The molecule has 0 unspecified atom stereocenters. The maximum atomic E-state index is 12.9. The Kier molecular flexibility index (Phi) is 6.99. The van der Waals surface area contributed by atoms with Gasteiger partial charge in [0.15, 0.2) is 0 Å². The number of unbranched alkanes of at least 4 members (excludes halogenated alkanes) is 2. The van der Waals surface area contributed by atoms with Crippen molar-refractivity contribution in [2.45, 2.75) is 38.4 Å². The number of nitrogens with one attached hydrogen (secondary N) is 1. The van der Waals surface area contributed by atoms with Gasteiger partial charge in [-0.2, -0.15) is 18.3 Å². The van der Waals surface area contributed by atoms with E-state index in [0.717, 1.165) is 12.1 Å². The smallest absolute Gasteiger partial charge is 0.323 e. The predicted molar refractivity (Wildman–Crippen MR) is 122 cm³/mol. The summed E-state index contributed by atoms with van der Waals surface area (Å²) in [4.78, 5) is 38.1. The standard InChI is InChI=1S/C25H23F3N4O3/c26-25(27,28)18-8-6-7-17(13-18)15-31-16-19(14-29-31)30-22(33)11-2-1-5-12-32-23(34)20-9-3-4-10-21(20)24(32)35/h3-4,6-10,13-14,16H,1-2,5,11-12,15H2,(H,30,33). The van der Waals surface area contributed by atoms with Crippen LogP contribution in [0.1, 0.15) is 57.5 Å². The molecule has 0 aliphatic carbocycles. The summed E-state index contributed by atoms with van der Waals surface area (Å²) in [5, 5.41) is 6.81. The van der Waals surface area contributed by atoms with Gasteiger partial charge in [-0.1, -0.05) is 30.7 Å². The Labute approximate surface area is 199 Å². The maximum absolute atomic E-state index is 12.9. The molecule has 3 aromatic rings. The number of nitrogens with zero attached hydrogens (tertiary/aromatic N) is 3. The van der Waals surface area contributed by atoms with Crippen LogP contribution >= 0.6 is 0 Å². The molecule has 2 heterocycles. The SMILES string of the molecule is O=C(CCCCCN1C(=O)c2ccccc2C1=O)Nc1cnn(Cc2cccc(C(F)(F)F)c2)c1. The molecule has 0 saturated carbocycles. The summed E-state index contributed by atoms with van der Waals surface area (Å²) < 4.78 is 40.1. The van der Waals surface area contributed by atoms with E-state index >= 15 is 0 Å². The van der Waals surface area contributed by atoms with Crippen LogP contribution in [-0.2, 0) is 17.5 Å². The summed E-state index contributed by atoms with van der Waals surface area (Å²) in [6, 6.07) is 11.7. The molecule has 1 aliphatic rings. The van der Waals surface area contributed by atoms with Crippen molar-refractivity contribution in [1.29, 1.82) is 0 Å². The van der Waals surface area contributed by atoms with Crippen molar-refractivity contribution in [3.8, 4) is 0 Å². The van der Waals surface area contributed by atoms with Crippen molar-refractivity contribution in [3.63, 3.8) is 0 Å². The van der Waals surface area contributed by atoms with Crippen LogP contribution in [0.25, 0.3) is 0 Å². The lowest BCUT2D eigenvalue weighted by Gasteiger charge is -2.13. The molecule has 0 saturated heterocycles. The summed E-state index contributed by atoms with van der Waals surface area (Å²) in [5.74, 6) is -0.791. The summed E-state index contributed by atoms with van der Waals surface area (Å²) in [7, 11) is 0. The lowest BCUT2D eigenvalue weighted by molar-refractivity contribution is -0.137. The van der Waals surface area contributed by atoms with Crippen molar-refractivity contribution < 1.29 is 27.6 Å². The highest BCUT2D eigenvalue weighted by Gasteiger charge is 2.34. The van der Waals surface area contributed by atoms with Gasteiger partial charge in [0.05, 0.1) is 35.1 Å². The highest BCUT2D eigenvalue weighted by molar-refractivity contribution is 6.21. The first-order valence-electron chi connectivity index (χ1n) is 11.2. The minimum absolute atomic E-state index is 0.137. The number of benzene rings is 2. The zero-order valence-electron chi connectivity index (χ0n) is 18.7. The van der Waals surface area contributed by atoms with E-state index in [1.165, 1.54) is 21.8 Å². The number of halogens is 3. The number of amides is 3. The number of hydrogen-bond acceptors (Lipinski definition) is 4. The number of rotatable bonds is 9. The molecule has 0 radical (unpaired) electrons. The van der Waals surface area contributed by atoms with Gasteiger partial charge in [0.25, 0.3) is 11.8 Å². The van der Waals surface area contributed by atoms with E-state index < -0.39 is 11.7 Å². The van der Waals surface area contributed by atoms with E-state index in [9.17, 15) is 27.6 Å². The second-order valence-corrected chi connectivity index (χ2v) is 8.29. The first-order chi connectivity index (χ1) is 16.7. The average molecular weight is 484 g/mol. The van der Waals surface area contributed by atoms with Gasteiger partial charge in [-0.25, -0.2) is 0 Å². The lowest BCUT2D eigenvalue weighted by atomic mass is 10.1. The average Bonchev–Trinajstić information content (AvgIpc) is 3.35. The van der Waals surface area contributed by atoms with Crippen LogP contribution in [0, 0.1) is 0 Å². The minimum Gasteiger partial charge on any atom is -0.323 e. The number of imide groups is 1. The number of alkyl halides is 3. The van der Waals surface area contributed by atoms with Crippen LogP contribution in [0.5, 0.6) is 0 Å². The van der Waals surface area contributed by atoms with Crippen LogP contribution in [0.3, 0.4) is 0 Å². The van der Waals surface area contributed by atoms with Gasteiger partial charge in [-0.15, -0.1) is 0 Å². The molecule has 1 aliphatic heterocycles. The molecule has 182 valence electrons. The summed E-state index contributed by atoms with van der Waals surface area (Å²) >= 11 is 0. The molecule has 35 heavy (non-hydrogen) atoms. The third kappa shape index (κ3) is 5.76. The Morgan fingerprint density at radius 1 is 0.943 bits per heavy atom. The van der Waals surface area contributed by atoms with E-state index in [-0.39, 0.29) is 30.7 Å². The Bertz CT molecular complexity index is 1220. The summed E-state index contributed by atoms with van der Waals surface area (Å²) in [5.41, 5.74) is 1.02. The predicted octanol–water partition coefficient (Wildman–Crippen LogP) is 4.75. The second kappa shape index (κ2) is 10.1. The number of anilines is 1. The molecule has 3 amide bonds.